The second kappa shape index (κ2) is 6.60. The van der Waals surface area contributed by atoms with Gasteiger partial charge in [-0.1, -0.05) is 81.7 Å². The van der Waals surface area contributed by atoms with E-state index in [1.807, 2.05) is 12.1 Å². The topological polar surface area (TPSA) is 38.7 Å². The molecule has 114 valence electrons. The highest BCUT2D eigenvalue weighted by atomic mass is 127. The minimum Gasteiger partial charge on any atom is -0.478 e. The molecule has 0 aromatic heterocycles. The smallest absolute Gasteiger partial charge is 0.266 e. The molecular weight excluding hydrogens is 447 g/mol. The third-order valence-corrected chi connectivity index (χ3v) is 5.11. The van der Waals surface area contributed by atoms with Crippen LogP contribution >= 0.6 is 57.4 Å². The fourth-order valence-corrected chi connectivity index (χ4v) is 3.43. The van der Waals surface area contributed by atoms with Gasteiger partial charge in [0.1, 0.15) is 5.54 Å². The Balaban J connectivity index is 2.43. The van der Waals surface area contributed by atoms with Crippen molar-refractivity contribution in [3.63, 3.8) is 0 Å². The summed E-state index contributed by atoms with van der Waals surface area (Å²) in [4.78, 5) is 15.9. The SMILES string of the molecule is CC(=O)c1ccc(C2(CI)CCOC(C(Cl)(Cl)Cl)=N2)cc1. The monoisotopic (exact) mass is 459 g/mol. The van der Waals surface area contributed by atoms with Crippen molar-refractivity contribution in [2.75, 3.05) is 11.0 Å². The molecule has 0 fully saturated rings. The summed E-state index contributed by atoms with van der Waals surface area (Å²) in [5, 5.41) is 0. The average molecular weight is 461 g/mol. The van der Waals surface area contributed by atoms with Crippen molar-refractivity contribution in [1.82, 2.24) is 0 Å². The van der Waals surface area contributed by atoms with E-state index < -0.39 is 9.33 Å². The van der Waals surface area contributed by atoms with Crippen molar-refractivity contribution in [1.29, 1.82) is 0 Å². The van der Waals surface area contributed by atoms with Crippen LogP contribution < -0.4 is 0 Å². The summed E-state index contributed by atoms with van der Waals surface area (Å²) in [7, 11) is 0. The Hall–Kier alpha value is -0.0400. The fraction of sp³-hybridized carbons (Fsp3) is 0.429. The molecule has 21 heavy (non-hydrogen) atoms. The Kier molecular flexibility index (Phi) is 5.45. The molecule has 1 atom stereocenters. The van der Waals surface area contributed by atoms with Gasteiger partial charge in [-0.25, -0.2) is 4.99 Å². The maximum absolute atomic E-state index is 11.4. The molecule has 0 spiro atoms. The highest BCUT2D eigenvalue weighted by molar-refractivity contribution is 14.1. The van der Waals surface area contributed by atoms with Crippen molar-refractivity contribution in [3.05, 3.63) is 35.4 Å². The van der Waals surface area contributed by atoms with Gasteiger partial charge in [-0.2, -0.15) is 0 Å². The number of nitrogens with zero attached hydrogens (tertiary/aromatic N) is 1. The zero-order valence-electron chi connectivity index (χ0n) is 11.2. The number of Topliss-reactive ketones (excluding diaryl/α,β-unsaturated/α-hetero) is 1. The number of carbonyl (C=O) groups is 1. The number of rotatable bonds is 3. The first-order valence-electron chi connectivity index (χ1n) is 6.26. The number of carbonyl (C=O) groups excluding carboxylic acids is 1. The molecule has 1 unspecified atom stereocenters. The highest BCUT2D eigenvalue weighted by Gasteiger charge is 2.40. The maximum Gasteiger partial charge on any atom is 0.266 e. The Bertz CT molecular complexity index is 569. The molecule has 1 aliphatic heterocycles. The van der Waals surface area contributed by atoms with Crippen molar-refractivity contribution in [2.24, 2.45) is 4.99 Å². The number of alkyl halides is 4. The summed E-state index contributed by atoms with van der Waals surface area (Å²) in [6.07, 6.45) is 0.694. The van der Waals surface area contributed by atoms with Gasteiger partial charge in [0.15, 0.2) is 5.78 Å². The predicted molar refractivity (Wildman–Crippen MR) is 95.3 cm³/mol. The molecule has 0 aliphatic carbocycles. The fourth-order valence-electron chi connectivity index (χ4n) is 2.14. The minimum atomic E-state index is -1.67. The van der Waals surface area contributed by atoms with Crippen molar-refractivity contribution in [2.45, 2.75) is 22.7 Å². The predicted octanol–water partition coefficient (Wildman–Crippen LogP) is 4.71. The number of hydrogen-bond acceptors (Lipinski definition) is 3. The van der Waals surface area contributed by atoms with E-state index in [4.69, 9.17) is 39.5 Å². The first-order valence-corrected chi connectivity index (χ1v) is 8.92. The normalized spacial score (nSPS) is 22.4. The van der Waals surface area contributed by atoms with E-state index in [9.17, 15) is 4.79 Å². The minimum absolute atomic E-state index is 0.0301. The van der Waals surface area contributed by atoms with Crippen LogP contribution in [0, 0.1) is 0 Å². The lowest BCUT2D eigenvalue weighted by molar-refractivity contribution is 0.101. The molecule has 0 N–H and O–H groups in total. The Morgan fingerprint density at radius 2 is 2.00 bits per heavy atom. The van der Waals surface area contributed by atoms with E-state index in [2.05, 4.69) is 27.6 Å². The molecule has 0 saturated carbocycles. The molecule has 7 heteroatoms. The van der Waals surface area contributed by atoms with Gasteiger partial charge in [-0.3, -0.25) is 4.79 Å². The van der Waals surface area contributed by atoms with E-state index in [-0.39, 0.29) is 11.7 Å². The zero-order chi connectivity index (χ0) is 15.7. The summed E-state index contributed by atoms with van der Waals surface area (Å²) in [6, 6.07) is 7.40. The van der Waals surface area contributed by atoms with Gasteiger partial charge in [0, 0.05) is 16.4 Å². The molecule has 3 nitrogen and oxygen atoms in total. The summed E-state index contributed by atoms with van der Waals surface area (Å²) in [5.41, 5.74) is 1.16. The summed E-state index contributed by atoms with van der Waals surface area (Å²) < 4.78 is 4.43. The van der Waals surface area contributed by atoms with Crippen LogP contribution in [-0.2, 0) is 10.3 Å². The Labute approximate surface area is 152 Å². The van der Waals surface area contributed by atoms with Crippen LogP contribution in [0.25, 0.3) is 0 Å². The number of benzene rings is 1. The van der Waals surface area contributed by atoms with Crippen LogP contribution in [0.15, 0.2) is 29.3 Å². The van der Waals surface area contributed by atoms with Crippen molar-refractivity contribution in [3.8, 4) is 0 Å². The average Bonchev–Trinajstić information content (AvgIpc) is 2.46. The van der Waals surface area contributed by atoms with Crippen LogP contribution in [0.4, 0.5) is 0 Å². The Morgan fingerprint density at radius 3 is 2.48 bits per heavy atom. The molecule has 1 aliphatic rings. The number of halogens is 4. The summed E-state index contributed by atoms with van der Waals surface area (Å²) in [5.74, 6) is 0.147. The van der Waals surface area contributed by atoms with E-state index in [0.717, 1.165) is 9.99 Å². The molecule has 0 bridgehead atoms. The second-order valence-electron chi connectivity index (χ2n) is 4.81. The second-order valence-corrected chi connectivity index (χ2v) is 7.86. The van der Waals surface area contributed by atoms with Crippen LogP contribution in [0.5, 0.6) is 0 Å². The molecule has 0 amide bonds. The molecule has 1 heterocycles. The summed E-state index contributed by atoms with van der Waals surface area (Å²) >= 11 is 19.9. The molecule has 0 saturated heterocycles. The summed E-state index contributed by atoms with van der Waals surface area (Å²) in [6.45, 7) is 1.97. The lowest BCUT2D eigenvalue weighted by Gasteiger charge is -2.34. The van der Waals surface area contributed by atoms with Crippen LogP contribution in [0.2, 0.25) is 0 Å². The highest BCUT2D eigenvalue weighted by Crippen LogP contribution is 2.39. The van der Waals surface area contributed by atoms with Crippen molar-refractivity contribution < 1.29 is 9.53 Å². The molecule has 0 radical (unpaired) electrons. The van der Waals surface area contributed by atoms with Gasteiger partial charge in [0.2, 0.25) is 5.90 Å². The third-order valence-electron chi connectivity index (χ3n) is 3.36. The maximum atomic E-state index is 11.4. The lowest BCUT2D eigenvalue weighted by Crippen LogP contribution is -2.38. The number of hydrogen-bond donors (Lipinski definition) is 0. The van der Waals surface area contributed by atoms with E-state index >= 15 is 0 Å². The standard InChI is InChI=1S/C14H13Cl3INO2/c1-9(20)10-2-4-11(5-3-10)13(8-18)6-7-21-12(19-13)14(15,16)17/h2-5H,6-8H2,1H3. The lowest BCUT2D eigenvalue weighted by atomic mass is 9.88. The van der Waals surface area contributed by atoms with E-state index in [1.165, 1.54) is 6.92 Å². The molecular formula is C14H13Cl3INO2. The Morgan fingerprint density at radius 1 is 1.38 bits per heavy atom. The van der Waals surface area contributed by atoms with Gasteiger partial charge in [0.05, 0.1) is 6.61 Å². The number of ketones is 1. The zero-order valence-corrected chi connectivity index (χ0v) is 15.6. The van der Waals surface area contributed by atoms with Crippen molar-refractivity contribution >= 4 is 69.1 Å². The molecule has 2 rings (SSSR count). The van der Waals surface area contributed by atoms with Gasteiger partial charge in [0.25, 0.3) is 3.79 Å². The van der Waals surface area contributed by atoms with Crippen LogP contribution in [0.3, 0.4) is 0 Å². The number of ether oxygens (including phenoxy) is 1. The van der Waals surface area contributed by atoms with Crippen LogP contribution in [0.1, 0.15) is 29.3 Å². The first-order chi connectivity index (χ1) is 9.78. The van der Waals surface area contributed by atoms with E-state index in [1.54, 1.807) is 12.1 Å². The quantitative estimate of drug-likeness (QED) is 0.372. The number of aliphatic imine (C=N–C) groups is 1. The van der Waals surface area contributed by atoms with E-state index in [0.29, 0.717) is 18.6 Å². The van der Waals surface area contributed by atoms with Gasteiger partial charge in [-0.05, 0) is 12.5 Å². The largest absolute Gasteiger partial charge is 0.478 e. The van der Waals surface area contributed by atoms with Crippen LogP contribution in [-0.4, -0.2) is 26.5 Å². The molecule has 1 aromatic carbocycles. The van der Waals surface area contributed by atoms with Gasteiger partial charge in [-0.15, -0.1) is 0 Å². The van der Waals surface area contributed by atoms with Gasteiger partial charge >= 0.3 is 0 Å². The first kappa shape index (κ1) is 17.3. The third kappa shape index (κ3) is 3.84. The molecule has 1 aromatic rings. The van der Waals surface area contributed by atoms with Gasteiger partial charge < -0.3 is 4.74 Å².